The molecule has 0 bridgehead atoms. The number of nitrogens with one attached hydrogen (secondary N) is 1. The highest BCUT2D eigenvalue weighted by Gasteiger charge is 2.03. The Hall–Kier alpha value is -1.36. The van der Waals surface area contributed by atoms with E-state index in [1.807, 2.05) is 12.5 Å². The second-order valence-corrected chi connectivity index (χ2v) is 4.54. The fourth-order valence-electron chi connectivity index (χ4n) is 1.59. The van der Waals surface area contributed by atoms with Crippen molar-refractivity contribution in [3.63, 3.8) is 0 Å². The van der Waals surface area contributed by atoms with Gasteiger partial charge in [0.2, 0.25) is 5.91 Å². The van der Waals surface area contributed by atoms with Gasteiger partial charge in [-0.3, -0.25) is 4.79 Å². The number of primary amides is 1. The molecule has 1 aromatic rings. The Labute approximate surface area is 102 Å². The standard InChI is InChI=1S/C12H22N4O/c1-10(2)15-8-11-7-14-9-16(11)6-4-3-5-12(13)17/h7,9-10,15H,3-6,8H2,1-2H3,(H2,13,17). The van der Waals surface area contributed by atoms with Crippen LogP contribution in [0.4, 0.5) is 0 Å². The number of hydrogen-bond donors (Lipinski definition) is 2. The molecule has 0 saturated carbocycles. The summed E-state index contributed by atoms with van der Waals surface area (Å²) in [6, 6.07) is 0.466. The van der Waals surface area contributed by atoms with Crippen LogP contribution in [0.15, 0.2) is 12.5 Å². The number of nitrogens with zero attached hydrogens (tertiary/aromatic N) is 2. The number of nitrogens with two attached hydrogens (primary N) is 1. The minimum Gasteiger partial charge on any atom is -0.370 e. The molecular weight excluding hydrogens is 216 g/mol. The minimum absolute atomic E-state index is 0.225. The zero-order valence-corrected chi connectivity index (χ0v) is 10.6. The molecule has 0 unspecified atom stereocenters. The fraction of sp³-hybridized carbons (Fsp3) is 0.667. The van der Waals surface area contributed by atoms with E-state index < -0.39 is 0 Å². The number of imidazole rings is 1. The number of carbonyl (C=O) groups excluding carboxylic acids is 1. The summed E-state index contributed by atoms with van der Waals surface area (Å²) in [5.74, 6) is -0.225. The summed E-state index contributed by atoms with van der Waals surface area (Å²) in [6.07, 6.45) is 5.97. The van der Waals surface area contributed by atoms with Gasteiger partial charge in [-0.05, 0) is 12.8 Å². The van der Waals surface area contributed by atoms with E-state index in [0.29, 0.717) is 12.5 Å². The summed E-state index contributed by atoms with van der Waals surface area (Å²) in [7, 11) is 0. The Morgan fingerprint density at radius 2 is 2.29 bits per heavy atom. The molecule has 0 aliphatic rings. The number of aryl methyl sites for hydroxylation is 1. The molecule has 1 aromatic heterocycles. The minimum atomic E-state index is -0.225. The number of amides is 1. The van der Waals surface area contributed by atoms with E-state index in [1.165, 1.54) is 5.69 Å². The van der Waals surface area contributed by atoms with Gasteiger partial charge in [-0.1, -0.05) is 13.8 Å². The quantitative estimate of drug-likeness (QED) is 0.664. The molecule has 1 heterocycles. The van der Waals surface area contributed by atoms with Gasteiger partial charge >= 0.3 is 0 Å². The van der Waals surface area contributed by atoms with Crippen molar-refractivity contribution < 1.29 is 4.79 Å². The molecule has 0 spiro atoms. The van der Waals surface area contributed by atoms with Crippen LogP contribution >= 0.6 is 0 Å². The summed E-state index contributed by atoms with van der Waals surface area (Å²) >= 11 is 0. The summed E-state index contributed by atoms with van der Waals surface area (Å²) in [4.78, 5) is 14.7. The van der Waals surface area contributed by atoms with E-state index in [1.54, 1.807) is 0 Å². The Kier molecular flexibility index (Phi) is 5.69. The van der Waals surface area contributed by atoms with Gasteiger partial charge in [0.15, 0.2) is 0 Å². The smallest absolute Gasteiger partial charge is 0.217 e. The van der Waals surface area contributed by atoms with Crippen molar-refractivity contribution in [2.75, 3.05) is 0 Å². The lowest BCUT2D eigenvalue weighted by Crippen LogP contribution is -2.23. The van der Waals surface area contributed by atoms with Crippen molar-refractivity contribution in [2.24, 2.45) is 5.73 Å². The second kappa shape index (κ2) is 7.06. The maximum atomic E-state index is 10.6. The largest absolute Gasteiger partial charge is 0.370 e. The first-order valence-corrected chi connectivity index (χ1v) is 6.10. The van der Waals surface area contributed by atoms with Gasteiger partial charge < -0.3 is 15.6 Å². The maximum absolute atomic E-state index is 10.6. The number of hydrogen-bond acceptors (Lipinski definition) is 3. The van der Waals surface area contributed by atoms with Gasteiger partial charge in [-0.15, -0.1) is 0 Å². The van der Waals surface area contributed by atoms with Gasteiger partial charge in [0.1, 0.15) is 0 Å². The zero-order chi connectivity index (χ0) is 12.7. The monoisotopic (exact) mass is 238 g/mol. The normalized spacial score (nSPS) is 11.0. The average Bonchev–Trinajstić information content (AvgIpc) is 2.68. The Bertz CT molecular complexity index is 346. The summed E-state index contributed by atoms with van der Waals surface area (Å²) < 4.78 is 2.12. The first kappa shape index (κ1) is 13.7. The SMILES string of the molecule is CC(C)NCc1cncn1CCCCC(N)=O. The predicted octanol–water partition coefficient (Wildman–Crippen LogP) is 1.04. The van der Waals surface area contributed by atoms with Crippen LogP contribution in [0.2, 0.25) is 0 Å². The Morgan fingerprint density at radius 3 is 2.94 bits per heavy atom. The van der Waals surface area contributed by atoms with Crippen LogP contribution in [-0.4, -0.2) is 21.5 Å². The van der Waals surface area contributed by atoms with Crippen LogP contribution in [0.1, 0.15) is 38.8 Å². The summed E-state index contributed by atoms with van der Waals surface area (Å²) in [5, 5.41) is 3.36. The predicted molar refractivity (Wildman–Crippen MR) is 67.2 cm³/mol. The fourth-order valence-corrected chi connectivity index (χ4v) is 1.59. The highest BCUT2D eigenvalue weighted by Crippen LogP contribution is 2.04. The highest BCUT2D eigenvalue weighted by molar-refractivity contribution is 5.73. The third-order valence-electron chi connectivity index (χ3n) is 2.56. The molecule has 0 radical (unpaired) electrons. The third kappa shape index (κ3) is 5.49. The molecule has 0 aliphatic carbocycles. The van der Waals surface area contributed by atoms with Crippen molar-refractivity contribution in [1.29, 1.82) is 0 Å². The van der Waals surface area contributed by atoms with Crippen molar-refractivity contribution in [3.05, 3.63) is 18.2 Å². The van der Waals surface area contributed by atoms with Crippen molar-refractivity contribution >= 4 is 5.91 Å². The number of rotatable bonds is 8. The van der Waals surface area contributed by atoms with Crippen molar-refractivity contribution in [2.45, 2.75) is 52.2 Å². The van der Waals surface area contributed by atoms with E-state index >= 15 is 0 Å². The maximum Gasteiger partial charge on any atom is 0.217 e. The van der Waals surface area contributed by atoms with Crippen LogP contribution in [0.5, 0.6) is 0 Å². The number of carbonyl (C=O) groups is 1. The molecule has 0 aromatic carbocycles. The Morgan fingerprint density at radius 1 is 1.53 bits per heavy atom. The molecule has 0 fully saturated rings. The molecule has 96 valence electrons. The first-order valence-electron chi connectivity index (χ1n) is 6.10. The summed E-state index contributed by atoms with van der Waals surface area (Å²) in [6.45, 7) is 5.96. The van der Waals surface area contributed by atoms with Gasteiger partial charge in [0.05, 0.1) is 12.0 Å². The van der Waals surface area contributed by atoms with E-state index in [-0.39, 0.29) is 5.91 Å². The molecule has 5 heteroatoms. The van der Waals surface area contributed by atoms with Crippen LogP contribution < -0.4 is 11.1 Å². The molecular formula is C12H22N4O. The van der Waals surface area contributed by atoms with E-state index in [9.17, 15) is 4.79 Å². The van der Waals surface area contributed by atoms with E-state index in [0.717, 1.165) is 25.9 Å². The molecule has 1 amide bonds. The lowest BCUT2D eigenvalue weighted by molar-refractivity contribution is -0.118. The van der Waals surface area contributed by atoms with Crippen LogP contribution in [0.3, 0.4) is 0 Å². The summed E-state index contributed by atoms with van der Waals surface area (Å²) in [5.41, 5.74) is 6.27. The van der Waals surface area contributed by atoms with Gasteiger partial charge in [0.25, 0.3) is 0 Å². The lowest BCUT2D eigenvalue weighted by Gasteiger charge is -2.10. The highest BCUT2D eigenvalue weighted by atomic mass is 16.1. The van der Waals surface area contributed by atoms with Crippen molar-refractivity contribution in [1.82, 2.24) is 14.9 Å². The topological polar surface area (TPSA) is 72.9 Å². The number of unbranched alkanes of at least 4 members (excludes halogenated alkanes) is 1. The van der Waals surface area contributed by atoms with Gasteiger partial charge in [-0.25, -0.2) is 4.98 Å². The van der Waals surface area contributed by atoms with E-state index in [4.69, 9.17) is 5.73 Å². The number of aromatic nitrogens is 2. The molecule has 5 nitrogen and oxygen atoms in total. The molecule has 0 aliphatic heterocycles. The molecule has 1 rings (SSSR count). The second-order valence-electron chi connectivity index (χ2n) is 4.54. The molecule has 0 atom stereocenters. The van der Waals surface area contributed by atoms with E-state index in [2.05, 4.69) is 28.7 Å². The lowest BCUT2D eigenvalue weighted by atomic mass is 10.2. The third-order valence-corrected chi connectivity index (χ3v) is 2.56. The average molecular weight is 238 g/mol. The Balaban J connectivity index is 2.32. The van der Waals surface area contributed by atoms with Crippen LogP contribution in [0.25, 0.3) is 0 Å². The first-order chi connectivity index (χ1) is 8.09. The molecule has 17 heavy (non-hydrogen) atoms. The molecule has 0 saturated heterocycles. The molecule has 3 N–H and O–H groups in total. The van der Waals surface area contributed by atoms with Crippen molar-refractivity contribution in [3.8, 4) is 0 Å². The van der Waals surface area contributed by atoms with Crippen LogP contribution in [0, 0.1) is 0 Å². The van der Waals surface area contributed by atoms with Gasteiger partial charge in [-0.2, -0.15) is 0 Å². The van der Waals surface area contributed by atoms with Gasteiger partial charge in [0, 0.05) is 31.7 Å². The zero-order valence-electron chi connectivity index (χ0n) is 10.6. The van der Waals surface area contributed by atoms with Crippen LogP contribution in [-0.2, 0) is 17.9 Å².